The lowest BCUT2D eigenvalue weighted by atomic mass is 9.94. The average molecular weight is 574 g/mol. The molecule has 9 heteroatoms. The fraction of sp³-hybridized carbons (Fsp3) is 0.469. The monoisotopic (exact) mass is 573 g/mol. The number of rotatable bonds is 8. The van der Waals surface area contributed by atoms with Gasteiger partial charge in [-0.25, -0.2) is 4.98 Å². The summed E-state index contributed by atoms with van der Waals surface area (Å²) >= 11 is 1.62. The first-order chi connectivity index (χ1) is 20.1. The molecule has 0 spiro atoms. The molecular weight excluding hydrogens is 538 g/mol. The average Bonchev–Trinajstić information content (AvgIpc) is 3.62. The number of hydrogen-bond donors (Lipinski definition) is 0. The molecule has 2 unspecified atom stereocenters. The van der Waals surface area contributed by atoms with Gasteiger partial charge in [0.1, 0.15) is 18.5 Å². The number of piperidine rings is 1. The topological polar surface area (TPSA) is 81.2 Å². The van der Waals surface area contributed by atoms with E-state index in [9.17, 15) is 9.59 Å². The molecule has 41 heavy (non-hydrogen) atoms. The maximum absolute atomic E-state index is 13.2. The molecule has 2 saturated heterocycles. The quantitative estimate of drug-likeness (QED) is 0.356. The zero-order valence-electron chi connectivity index (χ0n) is 23.3. The zero-order chi connectivity index (χ0) is 27.9. The van der Waals surface area contributed by atoms with Crippen molar-refractivity contribution in [1.82, 2.24) is 9.88 Å². The lowest BCUT2D eigenvalue weighted by Crippen LogP contribution is -2.47. The largest absolute Gasteiger partial charge is 0.488 e. The van der Waals surface area contributed by atoms with Gasteiger partial charge in [-0.15, -0.1) is 11.3 Å². The highest BCUT2D eigenvalue weighted by Gasteiger charge is 2.49. The molecule has 0 radical (unpaired) electrons. The summed E-state index contributed by atoms with van der Waals surface area (Å²) in [5.74, 6) is 2.01. The predicted octanol–water partition coefficient (Wildman–Crippen LogP) is 4.87. The van der Waals surface area contributed by atoms with E-state index in [1.165, 1.54) is 0 Å². The molecule has 1 saturated carbocycles. The van der Waals surface area contributed by atoms with Crippen molar-refractivity contribution in [3.8, 4) is 17.0 Å². The van der Waals surface area contributed by atoms with E-state index in [0.717, 1.165) is 96.4 Å². The first kappa shape index (κ1) is 26.5. The van der Waals surface area contributed by atoms with Crippen LogP contribution in [0.25, 0.3) is 11.3 Å². The van der Waals surface area contributed by atoms with E-state index in [1.807, 2.05) is 23.1 Å². The second kappa shape index (κ2) is 11.1. The molecule has 3 atom stereocenters. The summed E-state index contributed by atoms with van der Waals surface area (Å²) in [6, 6.07) is 12.6. The Labute approximate surface area is 244 Å². The third-order valence-corrected chi connectivity index (χ3v) is 9.92. The number of amides is 1. The molecule has 1 aromatic heterocycles. The number of anilines is 1. The zero-order valence-corrected chi connectivity index (χ0v) is 24.1. The second-order valence-corrected chi connectivity index (χ2v) is 12.6. The fourth-order valence-corrected chi connectivity index (χ4v) is 7.52. The van der Waals surface area contributed by atoms with Crippen LogP contribution in [0.5, 0.6) is 5.75 Å². The molecule has 7 rings (SSSR count). The normalized spacial score (nSPS) is 24.0. The lowest BCUT2D eigenvalue weighted by molar-refractivity contribution is -0.134. The maximum atomic E-state index is 13.2. The SMILES string of the molecule is Cc1ccc(OCc2ccc3c(c2)CCN(C2CCOCC2)C3=O)c(-c2csc(N3CC4C[C@@H]4C(OC=O)C3)n2)c1. The lowest BCUT2D eigenvalue weighted by Gasteiger charge is -2.37. The Kier molecular flexibility index (Phi) is 7.16. The van der Waals surface area contributed by atoms with Crippen LogP contribution in [0.1, 0.15) is 46.3 Å². The van der Waals surface area contributed by atoms with Gasteiger partial charge >= 0.3 is 0 Å². The Morgan fingerprint density at radius 1 is 1.12 bits per heavy atom. The Morgan fingerprint density at radius 2 is 2.00 bits per heavy atom. The molecule has 0 bridgehead atoms. The smallest absolute Gasteiger partial charge is 0.293 e. The molecule has 3 aromatic rings. The standard InChI is InChI=1S/C32H35N3O5S/c1-20-2-5-29(27(12-20)28-18-41-32(33-28)34-15-23-14-26(23)30(16-34)40-19-36)39-17-21-3-4-25-22(13-21)6-9-35(31(25)37)24-7-10-38-11-8-24/h2-5,12-13,18-19,23-24,26,30H,6-11,14-17H2,1H3/t23?,26-,30?/m0/s1. The summed E-state index contributed by atoms with van der Waals surface area (Å²) < 4.78 is 17.2. The van der Waals surface area contributed by atoms with Crippen LogP contribution in [0.3, 0.4) is 0 Å². The molecule has 3 fully saturated rings. The second-order valence-electron chi connectivity index (χ2n) is 11.7. The van der Waals surface area contributed by atoms with E-state index in [-0.39, 0.29) is 18.1 Å². The number of aryl methyl sites for hydroxylation is 1. The van der Waals surface area contributed by atoms with E-state index < -0.39 is 0 Å². The van der Waals surface area contributed by atoms with Crippen molar-refractivity contribution in [2.24, 2.45) is 11.8 Å². The van der Waals surface area contributed by atoms with E-state index in [1.54, 1.807) is 11.3 Å². The minimum Gasteiger partial charge on any atom is -0.488 e. The number of fused-ring (bicyclic) bond motifs is 2. The number of carbonyl (C=O) groups excluding carboxylic acids is 2. The highest BCUT2D eigenvalue weighted by Crippen LogP contribution is 2.47. The number of hydrogen-bond acceptors (Lipinski definition) is 8. The summed E-state index contributed by atoms with van der Waals surface area (Å²) in [7, 11) is 0. The van der Waals surface area contributed by atoms with Gasteiger partial charge in [0.25, 0.3) is 12.4 Å². The Bertz CT molecular complexity index is 1450. The van der Waals surface area contributed by atoms with Crippen LogP contribution in [0.4, 0.5) is 5.13 Å². The predicted molar refractivity (Wildman–Crippen MR) is 156 cm³/mol. The van der Waals surface area contributed by atoms with Gasteiger partial charge in [0.05, 0.1) is 12.2 Å². The van der Waals surface area contributed by atoms with Crippen LogP contribution in [0.2, 0.25) is 0 Å². The molecule has 0 N–H and O–H groups in total. The number of benzene rings is 2. The van der Waals surface area contributed by atoms with Crippen molar-refractivity contribution in [2.45, 2.75) is 51.4 Å². The minimum atomic E-state index is -0.0479. The van der Waals surface area contributed by atoms with Gasteiger partial charge in [-0.2, -0.15) is 0 Å². The molecule has 1 aliphatic carbocycles. The van der Waals surface area contributed by atoms with E-state index in [2.05, 4.69) is 35.4 Å². The van der Waals surface area contributed by atoms with Crippen molar-refractivity contribution in [1.29, 1.82) is 0 Å². The van der Waals surface area contributed by atoms with Gasteiger partial charge in [-0.05, 0) is 67.9 Å². The first-order valence-electron chi connectivity index (χ1n) is 14.6. The van der Waals surface area contributed by atoms with Gasteiger partial charge in [-0.3, -0.25) is 9.59 Å². The van der Waals surface area contributed by atoms with E-state index in [4.69, 9.17) is 19.2 Å². The number of thiazole rings is 1. The molecule has 8 nitrogen and oxygen atoms in total. The maximum Gasteiger partial charge on any atom is 0.293 e. The van der Waals surface area contributed by atoms with Crippen molar-refractivity contribution in [2.75, 3.05) is 37.7 Å². The molecule has 4 heterocycles. The van der Waals surface area contributed by atoms with Crippen molar-refractivity contribution >= 4 is 28.8 Å². The fourth-order valence-electron chi connectivity index (χ4n) is 6.68. The highest BCUT2D eigenvalue weighted by atomic mass is 32.1. The van der Waals surface area contributed by atoms with Gasteiger partial charge in [0, 0.05) is 54.8 Å². The summed E-state index contributed by atoms with van der Waals surface area (Å²) in [6.07, 6.45) is 3.77. The Balaban J connectivity index is 1.05. The first-order valence-corrected chi connectivity index (χ1v) is 15.5. The van der Waals surface area contributed by atoms with Crippen LogP contribution >= 0.6 is 11.3 Å². The van der Waals surface area contributed by atoms with E-state index in [0.29, 0.717) is 31.5 Å². The van der Waals surface area contributed by atoms with Crippen LogP contribution < -0.4 is 9.64 Å². The number of nitrogens with zero attached hydrogens (tertiary/aromatic N) is 3. The summed E-state index contributed by atoms with van der Waals surface area (Å²) in [4.78, 5) is 33.5. The number of aromatic nitrogens is 1. The van der Waals surface area contributed by atoms with Crippen LogP contribution in [-0.2, 0) is 27.3 Å². The number of ether oxygens (including phenoxy) is 3. The van der Waals surface area contributed by atoms with Crippen LogP contribution in [-0.4, -0.2) is 67.3 Å². The van der Waals surface area contributed by atoms with Gasteiger partial charge in [-0.1, -0.05) is 23.8 Å². The summed E-state index contributed by atoms with van der Waals surface area (Å²) in [5.41, 5.74) is 5.96. The van der Waals surface area contributed by atoms with E-state index >= 15 is 0 Å². The van der Waals surface area contributed by atoms with Gasteiger partial charge in [0.15, 0.2) is 5.13 Å². The molecule has 4 aliphatic rings. The molecule has 2 aromatic carbocycles. The van der Waals surface area contributed by atoms with Gasteiger partial charge in [0.2, 0.25) is 0 Å². The van der Waals surface area contributed by atoms with Crippen molar-refractivity contribution < 1.29 is 23.8 Å². The van der Waals surface area contributed by atoms with Gasteiger partial charge < -0.3 is 24.0 Å². The molecule has 214 valence electrons. The van der Waals surface area contributed by atoms with Crippen LogP contribution in [0, 0.1) is 18.8 Å². The molecular formula is C32H35N3O5S. The third-order valence-electron chi connectivity index (χ3n) is 9.02. The minimum absolute atomic E-state index is 0.0479. The van der Waals surface area contributed by atoms with Crippen LogP contribution in [0.15, 0.2) is 41.8 Å². The highest BCUT2D eigenvalue weighted by molar-refractivity contribution is 7.14. The summed E-state index contributed by atoms with van der Waals surface area (Å²) in [5, 5.41) is 3.03. The molecule has 1 amide bonds. The third kappa shape index (κ3) is 5.33. The Hall–Kier alpha value is -3.43. The molecule has 3 aliphatic heterocycles. The Morgan fingerprint density at radius 3 is 2.85 bits per heavy atom. The number of carbonyl (C=O) groups is 2. The summed E-state index contributed by atoms with van der Waals surface area (Å²) in [6.45, 7) is 6.94. The van der Waals surface area contributed by atoms with Crippen molar-refractivity contribution in [3.63, 3.8) is 0 Å². The van der Waals surface area contributed by atoms with Crippen molar-refractivity contribution in [3.05, 3.63) is 64.0 Å².